The van der Waals surface area contributed by atoms with E-state index in [4.69, 9.17) is 5.11 Å². The Labute approximate surface area is 120 Å². The quantitative estimate of drug-likeness (QED) is 0.643. The van der Waals surface area contributed by atoms with Gasteiger partial charge in [-0.25, -0.2) is 12.8 Å². The van der Waals surface area contributed by atoms with Gasteiger partial charge in [0, 0.05) is 19.2 Å². The number of hydrogen-bond acceptors (Lipinski definition) is 5. The summed E-state index contributed by atoms with van der Waals surface area (Å²) in [7, 11) is -3.60. The first kappa shape index (κ1) is 17.0. The van der Waals surface area contributed by atoms with E-state index in [-0.39, 0.29) is 0 Å². The normalized spacial score (nSPS) is 12.4. The maximum atomic E-state index is 13.7. The van der Waals surface area contributed by atoms with Crippen LogP contribution in [0.1, 0.15) is 13.8 Å². The number of rotatable bonds is 5. The average molecular weight is 320 g/mol. The lowest BCUT2D eigenvalue weighted by Crippen LogP contribution is -2.50. The summed E-state index contributed by atoms with van der Waals surface area (Å²) in [4.78, 5) is 19.9. The molecule has 0 aliphatic carbocycles. The number of carboxylic acids is 1. The predicted molar refractivity (Wildman–Crippen MR) is 69.7 cm³/mol. The molecular formula is C11H13FN2O6S. The van der Waals surface area contributed by atoms with Gasteiger partial charge in [-0.05, 0) is 19.9 Å². The monoisotopic (exact) mass is 320 g/mol. The Morgan fingerprint density at radius 2 is 1.95 bits per heavy atom. The molecule has 1 rings (SSSR count). The molecule has 0 bridgehead atoms. The highest BCUT2D eigenvalue weighted by molar-refractivity contribution is 7.89. The van der Waals surface area contributed by atoms with Gasteiger partial charge in [0.1, 0.15) is 16.3 Å². The Kier molecular flexibility index (Phi) is 4.34. The van der Waals surface area contributed by atoms with Gasteiger partial charge in [0.25, 0.3) is 5.69 Å². The van der Waals surface area contributed by atoms with Gasteiger partial charge < -0.3 is 5.11 Å². The third-order valence-electron chi connectivity index (χ3n) is 3.07. The number of carbonyl (C=O) groups is 1. The van der Waals surface area contributed by atoms with Crippen LogP contribution < -0.4 is 0 Å². The summed E-state index contributed by atoms with van der Waals surface area (Å²) in [6, 6.07) is 2.02. The molecule has 0 spiro atoms. The fourth-order valence-corrected chi connectivity index (χ4v) is 2.94. The van der Waals surface area contributed by atoms with Crippen molar-refractivity contribution in [2.75, 3.05) is 7.05 Å². The second-order valence-electron chi connectivity index (χ2n) is 4.71. The number of benzene rings is 1. The van der Waals surface area contributed by atoms with Gasteiger partial charge in [-0.15, -0.1) is 0 Å². The SMILES string of the molecule is CN(C(C)(C)C(=O)O)S(=O)(=O)c1cc([N+](=O)[O-])ccc1F. The molecule has 8 nitrogen and oxygen atoms in total. The van der Waals surface area contributed by atoms with Gasteiger partial charge in [-0.1, -0.05) is 0 Å². The minimum Gasteiger partial charge on any atom is -0.480 e. The first-order chi connectivity index (χ1) is 9.42. The van der Waals surface area contributed by atoms with Crippen molar-refractivity contribution in [2.24, 2.45) is 0 Å². The van der Waals surface area contributed by atoms with Crippen LogP contribution in [0.5, 0.6) is 0 Å². The van der Waals surface area contributed by atoms with Gasteiger partial charge >= 0.3 is 5.97 Å². The molecule has 21 heavy (non-hydrogen) atoms. The summed E-state index contributed by atoms with van der Waals surface area (Å²) in [5.74, 6) is -2.65. The maximum absolute atomic E-state index is 13.7. The molecule has 10 heteroatoms. The summed E-state index contributed by atoms with van der Waals surface area (Å²) >= 11 is 0. The van der Waals surface area contributed by atoms with Gasteiger partial charge in [-0.2, -0.15) is 4.31 Å². The number of nitro groups is 1. The van der Waals surface area contributed by atoms with Crippen LogP contribution in [0.2, 0.25) is 0 Å². The Morgan fingerprint density at radius 3 is 2.38 bits per heavy atom. The van der Waals surface area contributed by atoms with E-state index in [0.717, 1.165) is 27.0 Å². The van der Waals surface area contributed by atoms with Crippen molar-refractivity contribution in [3.8, 4) is 0 Å². The molecule has 0 aliphatic rings. The van der Waals surface area contributed by atoms with E-state index in [0.29, 0.717) is 16.4 Å². The molecule has 0 saturated carbocycles. The number of likely N-dealkylation sites (N-methyl/N-ethyl adjacent to an activating group) is 1. The largest absolute Gasteiger partial charge is 0.480 e. The minimum absolute atomic E-state index is 0.449. The van der Waals surface area contributed by atoms with Gasteiger partial charge in [-0.3, -0.25) is 14.9 Å². The number of carboxylic acid groups (broad SMARTS) is 1. The molecule has 0 fully saturated rings. The number of nitrogens with zero attached hydrogens (tertiary/aromatic N) is 2. The van der Waals surface area contributed by atoms with Crippen LogP contribution >= 0.6 is 0 Å². The highest BCUT2D eigenvalue weighted by Gasteiger charge is 2.41. The lowest BCUT2D eigenvalue weighted by Gasteiger charge is -2.30. The summed E-state index contributed by atoms with van der Waals surface area (Å²) in [5.41, 5.74) is -2.47. The number of non-ortho nitro benzene ring substituents is 1. The van der Waals surface area contributed by atoms with Crippen molar-refractivity contribution < 1.29 is 27.6 Å². The van der Waals surface area contributed by atoms with Crippen molar-refractivity contribution in [3.63, 3.8) is 0 Å². The molecule has 0 amide bonds. The van der Waals surface area contributed by atoms with E-state index < -0.39 is 42.9 Å². The lowest BCUT2D eigenvalue weighted by atomic mass is 10.1. The minimum atomic E-state index is -4.56. The summed E-state index contributed by atoms with van der Waals surface area (Å²) in [6.07, 6.45) is 0. The maximum Gasteiger partial charge on any atom is 0.324 e. The molecule has 1 aromatic carbocycles. The van der Waals surface area contributed by atoms with Crippen molar-refractivity contribution in [1.82, 2.24) is 4.31 Å². The Hall–Kier alpha value is -2.07. The van der Waals surface area contributed by atoms with E-state index in [2.05, 4.69) is 0 Å². The van der Waals surface area contributed by atoms with Crippen molar-refractivity contribution in [1.29, 1.82) is 0 Å². The standard InChI is InChI=1S/C11H13FN2O6S/c1-11(2,10(15)16)13(3)21(19,20)9-6-7(14(17)18)4-5-8(9)12/h4-6H,1-3H3,(H,15,16). The van der Waals surface area contributed by atoms with Crippen LogP contribution in [-0.4, -0.2) is 41.3 Å². The second-order valence-corrected chi connectivity index (χ2v) is 6.65. The molecule has 1 N–H and O–H groups in total. The van der Waals surface area contributed by atoms with Crippen LogP contribution in [0, 0.1) is 15.9 Å². The Bertz CT molecular complexity index is 701. The van der Waals surface area contributed by atoms with Gasteiger partial charge in [0.2, 0.25) is 10.0 Å². The topological polar surface area (TPSA) is 118 Å². The molecule has 116 valence electrons. The third-order valence-corrected chi connectivity index (χ3v) is 5.12. The lowest BCUT2D eigenvalue weighted by molar-refractivity contribution is -0.385. The highest BCUT2D eigenvalue weighted by atomic mass is 32.2. The molecule has 0 heterocycles. The third kappa shape index (κ3) is 3.00. The molecular weight excluding hydrogens is 307 g/mol. The van der Waals surface area contributed by atoms with Crippen molar-refractivity contribution >= 4 is 21.7 Å². The molecule has 0 aromatic heterocycles. The van der Waals surface area contributed by atoms with E-state index >= 15 is 0 Å². The number of aliphatic carboxylic acids is 1. The van der Waals surface area contributed by atoms with Crippen molar-refractivity contribution in [2.45, 2.75) is 24.3 Å². The van der Waals surface area contributed by atoms with Crippen LogP contribution in [-0.2, 0) is 14.8 Å². The average Bonchev–Trinajstić information content (AvgIpc) is 2.37. The molecule has 0 saturated heterocycles. The van der Waals surface area contributed by atoms with Gasteiger partial charge in [0.15, 0.2) is 0 Å². The fraction of sp³-hybridized carbons (Fsp3) is 0.364. The van der Waals surface area contributed by atoms with Crippen LogP contribution in [0.15, 0.2) is 23.1 Å². The van der Waals surface area contributed by atoms with E-state index in [9.17, 15) is 27.7 Å². The van der Waals surface area contributed by atoms with E-state index in [1.807, 2.05) is 0 Å². The first-order valence-electron chi connectivity index (χ1n) is 5.58. The number of nitro benzene ring substituents is 1. The number of halogens is 1. The molecule has 0 unspecified atom stereocenters. The van der Waals surface area contributed by atoms with Crippen LogP contribution in [0.4, 0.5) is 10.1 Å². The number of sulfonamides is 1. The number of hydrogen-bond donors (Lipinski definition) is 1. The van der Waals surface area contributed by atoms with Crippen LogP contribution in [0.3, 0.4) is 0 Å². The van der Waals surface area contributed by atoms with Gasteiger partial charge in [0.05, 0.1) is 4.92 Å². The Morgan fingerprint density at radius 1 is 1.43 bits per heavy atom. The summed E-state index contributed by atoms with van der Waals surface area (Å²) < 4.78 is 38.7. The molecule has 0 radical (unpaired) electrons. The molecule has 0 atom stereocenters. The predicted octanol–water partition coefficient (Wildman–Crippen LogP) is 1.22. The fourth-order valence-electron chi connectivity index (χ4n) is 1.39. The molecule has 1 aromatic rings. The first-order valence-corrected chi connectivity index (χ1v) is 7.02. The summed E-state index contributed by atoms with van der Waals surface area (Å²) in [5, 5.41) is 19.7. The van der Waals surface area contributed by atoms with E-state index in [1.165, 1.54) is 0 Å². The zero-order valence-corrected chi connectivity index (χ0v) is 12.2. The highest BCUT2D eigenvalue weighted by Crippen LogP contribution is 2.27. The zero-order chi connectivity index (χ0) is 16.6. The van der Waals surface area contributed by atoms with E-state index in [1.54, 1.807) is 0 Å². The smallest absolute Gasteiger partial charge is 0.324 e. The zero-order valence-electron chi connectivity index (χ0n) is 11.4. The second kappa shape index (κ2) is 5.37. The van der Waals surface area contributed by atoms with Crippen molar-refractivity contribution in [3.05, 3.63) is 34.1 Å². The Balaban J connectivity index is 3.48. The van der Waals surface area contributed by atoms with Crippen LogP contribution in [0.25, 0.3) is 0 Å². The molecule has 0 aliphatic heterocycles. The summed E-state index contributed by atoms with van der Waals surface area (Å²) in [6.45, 7) is 2.23.